The number of fused-ring (bicyclic) bond motifs is 6. The van der Waals surface area contributed by atoms with Gasteiger partial charge in [-0.1, -0.05) is 73.2 Å². The molecule has 12 rings (SSSR count). The lowest BCUT2D eigenvalue weighted by molar-refractivity contribution is 0.0945. The quantitative estimate of drug-likeness (QED) is 0.0863. The summed E-state index contributed by atoms with van der Waals surface area (Å²) in [6, 6.07) is 35.5. The first kappa shape index (κ1) is 53.6. The van der Waals surface area contributed by atoms with Gasteiger partial charge in [0.25, 0.3) is 11.5 Å². The minimum Gasteiger partial charge on any atom is -0.440 e. The van der Waals surface area contributed by atoms with Gasteiger partial charge in [0.2, 0.25) is 0 Å². The normalized spacial score (nSPS) is 13.2. The first-order valence-corrected chi connectivity index (χ1v) is 23.4. The lowest BCUT2D eigenvalue weighted by atomic mass is 9.98. The van der Waals surface area contributed by atoms with Gasteiger partial charge < -0.3 is 35.7 Å². The Morgan fingerprint density at radius 1 is 0.575 bits per heavy atom. The van der Waals surface area contributed by atoms with E-state index in [4.69, 9.17) is 9.15 Å². The van der Waals surface area contributed by atoms with Crippen LogP contribution in [-0.4, -0.2) is 45.9 Å². The van der Waals surface area contributed by atoms with Gasteiger partial charge in [-0.2, -0.15) is 0 Å². The average molecular weight is 988 g/mol. The van der Waals surface area contributed by atoms with Crippen LogP contribution in [0.25, 0.3) is 22.0 Å². The number of aryl methyl sites for hydroxylation is 8. The summed E-state index contributed by atoms with van der Waals surface area (Å²) in [5, 5.41) is 17.5. The van der Waals surface area contributed by atoms with Crippen LogP contribution in [0.4, 0.5) is 26.7 Å². The lowest BCUT2D eigenvalue weighted by Gasteiger charge is -2.26. The highest BCUT2D eigenvalue weighted by molar-refractivity contribution is 5.97. The van der Waals surface area contributed by atoms with Crippen molar-refractivity contribution in [1.82, 2.24) is 30.3 Å². The van der Waals surface area contributed by atoms with Gasteiger partial charge in [0, 0.05) is 52.0 Å². The van der Waals surface area contributed by atoms with Crippen molar-refractivity contribution in [3.8, 4) is 5.75 Å². The van der Waals surface area contributed by atoms with Gasteiger partial charge >= 0.3 is 17.8 Å². The Balaban J connectivity index is 0.000000143. The van der Waals surface area contributed by atoms with Gasteiger partial charge in [-0.3, -0.25) is 28.8 Å². The highest BCUT2D eigenvalue weighted by Gasteiger charge is 2.20. The number of anilines is 3. The molecule has 6 N–H and O–H groups in total. The Morgan fingerprint density at radius 3 is 1.90 bits per heavy atom. The van der Waals surface area contributed by atoms with Crippen molar-refractivity contribution in [3.63, 3.8) is 0 Å². The van der Waals surface area contributed by atoms with Crippen LogP contribution in [0.1, 0.15) is 67.9 Å². The molecule has 380 valence electrons. The Morgan fingerprint density at radius 2 is 1.16 bits per heavy atom. The Kier molecular flexibility index (Phi) is 17.2. The number of nitrogens with zero attached hydrogens (tertiary/aromatic N) is 3. The summed E-state index contributed by atoms with van der Waals surface area (Å²) in [6.45, 7) is 17.8. The zero-order valence-electron chi connectivity index (χ0n) is 42.1. The van der Waals surface area contributed by atoms with E-state index in [2.05, 4.69) is 62.5 Å². The number of amides is 5. The van der Waals surface area contributed by atoms with Gasteiger partial charge in [-0.15, -0.1) is 0 Å². The maximum absolute atomic E-state index is 11.3. The predicted octanol–water partition coefficient (Wildman–Crippen LogP) is 10.1. The van der Waals surface area contributed by atoms with E-state index in [-0.39, 0.29) is 36.7 Å². The van der Waals surface area contributed by atoms with Crippen LogP contribution in [-0.2, 0) is 33.6 Å². The molecule has 4 aliphatic heterocycles. The molecule has 5 amide bonds. The van der Waals surface area contributed by atoms with E-state index < -0.39 is 0 Å². The van der Waals surface area contributed by atoms with Crippen molar-refractivity contribution >= 4 is 57.0 Å². The first-order valence-electron chi connectivity index (χ1n) is 23.4. The number of nitrogens with one attached hydrogen (secondary N) is 6. The topological polar surface area (TPSA) is 197 Å². The number of H-pyrrole nitrogens is 1. The van der Waals surface area contributed by atoms with E-state index in [0.717, 1.165) is 80.0 Å². The van der Waals surface area contributed by atoms with Gasteiger partial charge in [-0.25, -0.2) is 14.4 Å². The van der Waals surface area contributed by atoms with Crippen molar-refractivity contribution in [1.29, 1.82) is 0 Å². The summed E-state index contributed by atoms with van der Waals surface area (Å²) in [5.41, 5.74) is 16.7. The molecular formula is C57H65N9O7. The van der Waals surface area contributed by atoms with E-state index in [1.807, 2.05) is 134 Å². The Labute approximate surface area is 425 Å². The summed E-state index contributed by atoms with van der Waals surface area (Å²) in [4.78, 5) is 57.4. The second-order valence-corrected chi connectivity index (χ2v) is 18.1. The molecular weight excluding hydrogens is 923 g/mol. The number of carbonyl (C=O) groups excluding carboxylic acids is 3. The Hall–Kier alpha value is -8.79. The summed E-state index contributed by atoms with van der Waals surface area (Å²) < 4.78 is 13.5. The van der Waals surface area contributed by atoms with E-state index in [1.54, 1.807) is 23.7 Å². The van der Waals surface area contributed by atoms with E-state index in [9.17, 15) is 24.0 Å². The Bertz CT molecular complexity index is 3460. The van der Waals surface area contributed by atoms with Crippen molar-refractivity contribution < 1.29 is 23.5 Å². The van der Waals surface area contributed by atoms with Crippen LogP contribution in [0.15, 0.2) is 136 Å². The molecule has 0 radical (unpaired) electrons. The van der Waals surface area contributed by atoms with Crippen LogP contribution < -0.4 is 47.5 Å². The molecule has 2 aromatic heterocycles. The maximum Gasteiger partial charge on any atom is 0.419 e. The monoisotopic (exact) mass is 988 g/mol. The number of benzene rings is 6. The molecule has 0 bridgehead atoms. The lowest BCUT2D eigenvalue weighted by Crippen LogP contribution is -2.41. The van der Waals surface area contributed by atoms with Gasteiger partial charge in [0.1, 0.15) is 0 Å². The molecule has 0 spiro atoms. The molecule has 0 saturated heterocycles. The van der Waals surface area contributed by atoms with Crippen molar-refractivity contribution in [2.75, 3.05) is 29.1 Å². The van der Waals surface area contributed by atoms with Crippen molar-refractivity contribution in [3.05, 3.63) is 198 Å². The van der Waals surface area contributed by atoms with E-state index >= 15 is 0 Å². The zero-order chi connectivity index (χ0) is 51.8. The number of carbonyl (C=O) groups is 3. The second kappa shape index (κ2) is 23.4. The molecule has 0 atom stereocenters. The molecule has 0 saturated carbocycles. The molecule has 16 nitrogen and oxygen atoms in total. The van der Waals surface area contributed by atoms with E-state index in [1.165, 1.54) is 32.4 Å². The highest BCUT2D eigenvalue weighted by atomic mass is 16.5. The number of aromatic amines is 1. The predicted molar refractivity (Wildman–Crippen MR) is 292 cm³/mol. The summed E-state index contributed by atoms with van der Waals surface area (Å²) in [5.74, 6) is 1.23. The third-order valence-corrected chi connectivity index (χ3v) is 12.1. The summed E-state index contributed by atoms with van der Waals surface area (Å²) >= 11 is 0. The summed E-state index contributed by atoms with van der Waals surface area (Å²) in [6.07, 6.45) is 0.960. The molecule has 6 heterocycles. The van der Waals surface area contributed by atoms with Gasteiger partial charge in [-0.05, 0) is 148 Å². The standard InChI is InChI=1S/C10H12N2O.C10H11NO.2C9H10N2O.C9H9NO2.C9H9NO.CH4/c1-7-3-4-8-6-11-10(13)12(2)9(8)5-7;1-7-2-3-8-4-5-11-10(12)9(8)6-7;1-6-3-4-7-8(5-6)11(2)10-9(7)12;1-6-2-3-8-7(4-6)5-10-9(12)11-8;1-6-3-4-8-7(5-6)10(2)9(11)12-8;1-6-3-4-8-9(5-6)11-7(2)10-8;/h3-5H,6H2,1-2H3,(H,11,13);2-3,6H,4-5H2,1H3,(H,11,12);3-5H,1-2H3,(H,10,12);2-4H,5H2,1H3,(H2,10,11,12);3-5H,1-2H3;3-5,10H,2H2,1H3;1H4. The van der Waals surface area contributed by atoms with Crippen LogP contribution in [0.3, 0.4) is 0 Å². The zero-order valence-corrected chi connectivity index (χ0v) is 42.1. The fourth-order valence-electron chi connectivity index (χ4n) is 8.14. The number of hydrogen-bond acceptors (Lipinski definition) is 8. The maximum atomic E-state index is 11.3. The second-order valence-electron chi connectivity index (χ2n) is 18.1. The summed E-state index contributed by atoms with van der Waals surface area (Å²) in [7, 11) is 5.32. The number of urea groups is 2. The van der Waals surface area contributed by atoms with Gasteiger partial charge in [0.15, 0.2) is 17.2 Å². The molecule has 0 unspecified atom stereocenters. The highest BCUT2D eigenvalue weighted by Crippen LogP contribution is 2.33. The van der Waals surface area contributed by atoms with Crippen molar-refractivity contribution in [2.24, 2.45) is 14.1 Å². The number of oxazole rings is 1. The number of ether oxygens (including phenoxy) is 1. The minimum absolute atomic E-state index is 0. The first-order chi connectivity index (χ1) is 34.3. The van der Waals surface area contributed by atoms with Crippen LogP contribution in [0, 0.1) is 41.5 Å². The van der Waals surface area contributed by atoms with Gasteiger partial charge in [0.05, 0.1) is 27.8 Å². The van der Waals surface area contributed by atoms with E-state index in [0.29, 0.717) is 24.6 Å². The average Bonchev–Trinajstić information content (AvgIpc) is 3.97. The smallest absolute Gasteiger partial charge is 0.419 e. The molecule has 73 heavy (non-hydrogen) atoms. The molecule has 16 heteroatoms. The fraction of sp³-hybridized carbons (Fsp3) is 0.246. The van der Waals surface area contributed by atoms with Crippen LogP contribution in [0.5, 0.6) is 5.75 Å². The SMILES string of the molecule is C.C=C1Nc2ccc(C)cc2O1.Cc1ccc2c(=O)[nH]n(C)c2c1.Cc1ccc2c(c1)C(=O)NCC2.Cc1ccc2c(c1)CNC(=O)N2.Cc1ccc2c(c1)N(C)C(=O)NC2.Cc1ccc2oc(=O)n(C)c2c1. The molecule has 8 aromatic rings. The number of aromatic nitrogens is 3. The van der Waals surface area contributed by atoms with Crippen molar-refractivity contribution in [2.45, 2.75) is 68.5 Å². The van der Waals surface area contributed by atoms with Crippen LogP contribution in [0.2, 0.25) is 0 Å². The largest absolute Gasteiger partial charge is 0.440 e. The number of rotatable bonds is 0. The third kappa shape index (κ3) is 13.3. The van der Waals surface area contributed by atoms with Crippen LogP contribution >= 0.6 is 0 Å². The number of hydrogen-bond donors (Lipinski definition) is 6. The molecule has 4 aliphatic rings. The fourth-order valence-corrected chi connectivity index (χ4v) is 8.14. The molecule has 6 aromatic carbocycles. The minimum atomic E-state index is -0.310. The molecule has 0 aliphatic carbocycles. The third-order valence-electron chi connectivity index (χ3n) is 12.1. The molecule has 0 fully saturated rings.